The van der Waals surface area contributed by atoms with Crippen molar-refractivity contribution in [3.05, 3.63) is 76.0 Å². The lowest BCUT2D eigenvalue weighted by Crippen LogP contribution is -2.40. The van der Waals surface area contributed by atoms with Crippen LogP contribution in [0.25, 0.3) is 16.5 Å². The number of halogens is 4. The van der Waals surface area contributed by atoms with Gasteiger partial charge in [-0.2, -0.15) is 13.2 Å². The number of amides is 1. The summed E-state index contributed by atoms with van der Waals surface area (Å²) in [5, 5.41) is 1.99. The Morgan fingerprint density at radius 1 is 1.07 bits per heavy atom. The number of aromatic nitrogens is 1. The summed E-state index contributed by atoms with van der Waals surface area (Å²) in [6, 6.07) is 11.1. The van der Waals surface area contributed by atoms with Gasteiger partial charge >= 0.3 is 12.1 Å². The van der Waals surface area contributed by atoms with E-state index in [9.17, 15) is 27.2 Å². The number of nitrogens with one attached hydrogen (secondary N) is 1. The monoisotopic (exact) mass is 392 g/mol. The molecule has 0 saturated carbocycles. The maximum atomic E-state index is 14.4. The smallest absolute Gasteiger partial charge is 0.340 e. The molecular formula is C20H16F4N2O2. The lowest BCUT2D eigenvalue weighted by atomic mass is 10.00. The summed E-state index contributed by atoms with van der Waals surface area (Å²) in [7, 11) is 0. The second-order valence-corrected chi connectivity index (χ2v) is 6.34. The minimum absolute atomic E-state index is 0.145. The molecule has 4 nitrogen and oxygen atoms in total. The Hall–Kier alpha value is -3.16. The number of carbonyl (C=O) groups is 1. The van der Waals surface area contributed by atoms with Gasteiger partial charge in [-0.25, -0.2) is 4.39 Å². The summed E-state index contributed by atoms with van der Waals surface area (Å²) in [6.07, 6.45) is -5.07. The molecule has 0 radical (unpaired) electrons. The van der Waals surface area contributed by atoms with Crippen molar-refractivity contribution in [2.45, 2.75) is 26.1 Å². The van der Waals surface area contributed by atoms with E-state index in [1.165, 1.54) is 19.1 Å². The van der Waals surface area contributed by atoms with Crippen molar-refractivity contribution >= 4 is 16.7 Å². The molecule has 28 heavy (non-hydrogen) atoms. The zero-order valence-corrected chi connectivity index (χ0v) is 15.0. The molecule has 1 aromatic heterocycles. The molecule has 1 amide bonds. The number of para-hydroxylation sites is 1. The zero-order valence-electron chi connectivity index (χ0n) is 15.0. The van der Waals surface area contributed by atoms with Crippen molar-refractivity contribution in [1.29, 1.82) is 0 Å². The SMILES string of the molecule is Cc1c([C@H](C)NC(=O)C(F)(F)F)n(-c2ccccc2)c(=O)c2c(F)cccc12. The number of hydrogen-bond donors (Lipinski definition) is 1. The molecule has 1 atom stereocenters. The van der Waals surface area contributed by atoms with Crippen LogP contribution in [0.1, 0.15) is 24.2 Å². The lowest BCUT2D eigenvalue weighted by molar-refractivity contribution is -0.174. The fourth-order valence-corrected chi connectivity index (χ4v) is 3.28. The van der Waals surface area contributed by atoms with Gasteiger partial charge in [0.1, 0.15) is 5.82 Å². The van der Waals surface area contributed by atoms with Crippen LogP contribution < -0.4 is 10.9 Å². The molecule has 8 heteroatoms. The summed E-state index contributed by atoms with van der Waals surface area (Å²) >= 11 is 0. The third-order valence-electron chi connectivity index (χ3n) is 4.49. The average molecular weight is 392 g/mol. The molecule has 3 rings (SSSR count). The molecule has 0 aliphatic rings. The molecular weight excluding hydrogens is 376 g/mol. The lowest BCUT2D eigenvalue weighted by Gasteiger charge is -2.24. The van der Waals surface area contributed by atoms with Crippen LogP contribution >= 0.6 is 0 Å². The number of aryl methyl sites for hydroxylation is 1. The fourth-order valence-electron chi connectivity index (χ4n) is 3.28. The first kappa shape index (κ1) is 19.6. The molecule has 0 saturated heterocycles. The summed E-state index contributed by atoms with van der Waals surface area (Å²) < 4.78 is 53.6. The number of carbonyl (C=O) groups excluding carboxylic acids is 1. The largest absolute Gasteiger partial charge is 0.471 e. The average Bonchev–Trinajstić information content (AvgIpc) is 2.64. The molecule has 0 spiro atoms. The van der Waals surface area contributed by atoms with Crippen molar-refractivity contribution in [3.8, 4) is 5.69 Å². The number of pyridine rings is 1. The van der Waals surface area contributed by atoms with E-state index in [0.29, 0.717) is 11.3 Å². The van der Waals surface area contributed by atoms with Gasteiger partial charge in [-0.3, -0.25) is 14.2 Å². The quantitative estimate of drug-likeness (QED) is 0.680. The molecule has 1 heterocycles. The summed E-state index contributed by atoms with van der Waals surface area (Å²) in [5.74, 6) is -2.85. The normalized spacial score (nSPS) is 12.8. The van der Waals surface area contributed by atoms with Crippen LogP contribution in [0.2, 0.25) is 0 Å². The molecule has 0 fully saturated rings. The number of fused-ring (bicyclic) bond motifs is 1. The highest BCUT2D eigenvalue weighted by Crippen LogP contribution is 2.28. The molecule has 2 aromatic carbocycles. The van der Waals surface area contributed by atoms with E-state index in [-0.39, 0.29) is 16.5 Å². The van der Waals surface area contributed by atoms with Gasteiger partial charge in [0, 0.05) is 5.69 Å². The summed E-state index contributed by atoms with van der Waals surface area (Å²) in [5.41, 5.74) is 0.177. The molecule has 146 valence electrons. The van der Waals surface area contributed by atoms with E-state index in [2.05, 4.69) is 0 Å². The van der Waals surface area contributed by atoms with Gasteiger partial charge in [0.25, 0.3) is 5.56 Å². The van der Waals surface area contributed by atoms with Crippen molar-refractivity contribution in [2.24, 2.45) is 0 Å². The Balaban J connectivity index is 2.33. The van der Waals surface area contributed by atoms with Crippen molar-refractivity contribution in [1.82, 2.24) is 9.88 Å². The van der Waals surface area contributed by atoms with E-state index >= 15 is 0 Å². The van der Waals surface area contributed by atoms with E-state index in [0.717, 1.165) is 10.6 Å². The number of benzene rings is 2. The van der Waals surface area contributed by atoms with Gasteiger partial charge < -0.3 is 5.32 Å². The third kappa shape index (κ3) is 3.37. The van der Waals surface area contributed by atoms with Gasteiger partial charge in [0.05, 0.1) is 17.1 Å². The Bertz CT molecular complexity index is 1110. The van der Waals surface area contributed by atoms with Gasteiger partial charge in [0.15, 0.2) is 0 Å². The Morgan fingerprint density at radius 3 is 2.32 bits per heavy atom. The van der Waals surface area contributed by atoms with E-state index in [1.807, 2.05) is 5.32 Å². The topological polar surface area (TPSA) is 51.1 Å². The Morgan fingerprint density at radius 2 is 1.71 bits per heavy atom. The van der Waals surface area contributed by atoms with Crippen molar-refractivity contribution < 1.29 is 22.4 Å². The molecule has 1 N–H and O–H groups in total. The first-order valence-electron chi connectivity index (χ1n) is 8.39. The zero-order chi connectivity index (χ0) is 20.6. The van der Waals surface area contributed by atoms with Crippen LogP contribution in [0.5, 0.6) is 0 Å². The van der Waals surface area contributed by atoms with Gasteiger partial charge in [0.2, 0.25) is 0 Å². The maximum absolute atomic E-state index is 14.4. The number of alkyl halides is 3. The molecule has 3 aromatic rings. The minimum atomic E-state index is -5.07. The van der Waals surface area contributed by atoms with Crippen LogP contribution in [-0.4, -0.2) is 16.7 Å². The highest BCUT2D eigenvalue weighted by Gasteiger charge is 2.40. The number of rotatable bonds is 3. The Kier molecular flexibility index (Phi) is 4.97. The first-order valence-corrected chi connectivity index (χ1v) is 8.39. The van der Waals surface area contributed by atoms with E-state index in [1.54, 1.807) is 37.3 Å². The summed E-state index contributed by atoms with van der Waals surface area (Å²) in [6.45, 7) is 2.92. The standard InChI is InChI=1S/C20H16F4N2O2/c1-11-14-9-6-10-15(21)16(14)18(27)26(13-7-4-3-5-8-13)17(11)12(2)25-19(28)20(22,23)24/h3-10,12H,1-2H3,(H,25,28)/t12-/m0/s1. The molecule has 0 bridgehead atoms. The van der Waals surface area contributed by atoms with E-state index < -0.39 is 29.5 Å². The minimum Gasteiger partial charge on any atom is -0.340 e. The first-order chi connectivity index (χ1) is 13.1. The molecule has 0 unspecified atom stereocenters. The van der Waals surface area contributed by atoms with Crippen LogP contribution in [0.3, 0.4) is 0 Å². The predicted molar refractivity (Wildman–Crippen MR) is 96.9 cm³/mol. The van der Waals surface area contributed by atoms with Crippen molar-refractivity contribution in [3.63, 3.8) is 0 Å². The van der Waals surface area contributed by atoms with Gasteiger partial charge in [-0.05, 0) is 43.0 Å². The summed E-state index contributed by atoms with van der Waals surface area (Å²) in [4.78, 5) is 24.5. The van der Waals surface area contributed by atoms with Crippen LogP contribution in [-0.2, 0) is 4.79 Å². The van der Waals surface area contributed by atoms with Crippen LogP contribution in [0.15, 0.2) is 53.3 Å². The number of nitrogens with zero attached hydrogens (tertiary/aromatic N) is 1. The second-order valence-electron chi connectivity index (χ2n) is 6.34. The maximum Gasteiger partial charge on any atom is 0.471 e. The fraction of sp³-hybridized carbons (Fsp3) is 0.200. The van der Waals surface area contributed by atoms with Crippen molar-refractivity contribution in [2.75, 3.05) is 0 Å². The number of hydrogen-bond acceptors (Lipinski definition) is 2. The van der Waals surface area contributed by atoms with Crippen LogP contribution in [0, 0.1) is 12.7 Å². The third-order valence-corrected chi connectivity index (χ3v) is 4.49. The second kappa shape index (κ2) is 7.10. The molecule has 0 aliphatic carbocycles. The highest BCUT2D eigenvalue weighted by molar-refractivity contribution is 5.87. The molecule has 0 aliphatic heterocycles. The Labute approximate surface area is 157 Å². The predicted octanol–water partition coefficient (Wildman–Crippen LogP) is 4.18. The van der Waals surface area contributed by atoms with Gasteiger partial charge in [-0.15, -0.1) is 0 Å². The van der Waals surface area contributed by atoms with Gasteiger partial charge in [-0.1, -0.05) is 30.3 Å². The van der Waals surface area contributed by atoms with Crippen LogP contribution in [0.4, 0.5) is 17.6 Å². The highest BCUT2D eigenvalue weighted by atomic mass is 19.4. The van der Waals surface area contributed by atoms with E-state index in [4.69, 9.17) is 0 Å².